The highest BCUT2D eigenvalue weighted by Gasteiger charge is 2.36. The summed E-state index contributed by atoms with van der Waals surface area (Å²) in [7, 11) is -1.58. The zero-order chi connectivity index (χ0) is 13.5. The van der Waals surface area contributed by atoms with Gasteiger partial charge in [-0.25, -0.2) is 0 Å². The molecule has 0 unspecified atom stereocenters. The highest BCUT2D eigenvalue weighted by atomic mass is 28.4. The summed E-state index contributed by atoms with van der Waals surface area (Å²) in [5.74, 6) is 2.33. The second-order valence-electron chi connectivity index (χ2n) is 6.14. The average molecular weight is 256 g/mol. The molecule has 0 aliphatic carbocycles. The summed E-state index contributed by atoms with van der Waals surface area (Å²) in [4.78, 5) is 0. The molecule has 0 radical (unpaired) electrons. The van der Waals surface area contributed by atoms with Crippen LogP contribution >= 0.6 is 0 Å². The fraction of sp³-hybridized carbons (Fsp3) is 0.857. The molecule has 0 fully saturated rings. The zero-order valence-electron chi connectivity index (χ0n) is 12.0. The molecule has 0 saturated heterocycles. The molecule has 3 heteroatoms. The minimum atomic E-state index is -1.58. The van der Waals surface area contributed by atoms with E-state index in [2.05, 4.69) is 39.8 Å². The Morgan fingerprint density at radius 3 is 2.29 bits per heavy atom. The van der Waals surface area contributed by atoms with Crippen molar-refractivity contribution in [1.82, 2.24) is 0 Å². The fourth-order valence-electron chi connectivity index (χ4n) is 1.24. The van der Waals surface area contributed by atoms with Crippen LogP contribution in [0, 0.1) is 12.3 Å². The summed E-state index contributed by atoms with van der Waals surface area (Å²) >= 11 is 0. The van der Waals surface area contributed by atoms with E-state index in [0.717, 1.165) is 25.9 Å². The summed E-state index contributed by atoms with van der Waals surface area (Å²) in [6.07, 6.45) is 8.35. The Labute approximate surface area is 108 Å². The van der Waals surface area contributed by atoms with E-state index in [1.807, 2.05) is 0 Å². The summed E-state index contributed by atoms with van der Waals surface area (Å²) in [5.41, 5.74) is 0. The first-order valence-corrected chi connectivity index (χ1v) is 9.39. The second kappa shape index (κ2) is 7.20. The Bertz CT molecular complexity index is 248. The van der Waals surface area contributed by atoms with E-state index in [4.69, 9.17) is 10.8 Å². The summed E-state index contributed by atoms with van der Waals surface area (Å²) in [5, 5.41) is 9.47. The van der Waals surface area contributed by atoms with Gasteiger partial charge in [-0.1, -0.05) is 33.1 Å². The van der Waals surface area contributed by atoms with E-state index in [1.165, 1.54) is 0 Å². The summed E-state index contributed by atoms with van der Waals surface area (Å²) in [6, 6.07) is 0. The molecule has 0 bridgehead atoms. The van der Waals surface area contributed by atoms with Crippen molar-refractivity contribution in [1.29, 1.82) is 0 Å². The first-order chi connectivity index (χ1) is 7.70. The van der Waals surface area contributed by atoms with Crippen LogP contribution in [0.5, 0.6) is 0 Å². The number of hydrogen-bond donors (Lipinski definition) is 1. The van der Waals surface area contributed by atoms with Gasteiger partial charge < -0.3 is 9.53 Å². The molecule has 0 spiro atoms. The molecule has 0 saturated carbocycles. The minimum absolute atomic E-state index is 0.284. The molecular weight excluding hydrogens is 228 g/mol. The van der Waals surface area contributed by atoms with Crippen molar-refractivity contribution in [3.8, 4) is 12.3 Å². The predicted molar refractivity (Wildman–Crippen MR) is 76.5 cm³/mol. The Kier molecular flexibility index (Phi) is 7.07. The zero-order valence-corrected chi connectivity index (χ0v) is 13.0. The topological polar surface area (TPSA) is 29.5 Å². The maximum atomic E-state index is 9.19. The maximum absolute atomic E-state index is 9.19. The number of rotatable bonds is 7. The van der Waals surface area contributed by atoms with Gasteiger partial charge in [0.25, 0.3) is 0 Å². The van der Waals surface area contributed by atoms with Crippen molar-refractivity contribution in [2.24, 2.45) is 0 Å². The van der Waals surface area contributed by atoms with Crippen molar-refractivity contribution in [2.45, 2.75) is 70.7 Å². The normalized spacial score (nSPS) is 14.4. The van der Waals surface area contributed by atoms with Crippen molar-refractivity contribution >= 4 is 8.32 Å². The molecule has 2 nitrogen and oxygen atoms in total. The van der Waals surface area contributed by atoms with E-state index < -0.39 is 14.4 Å². The van der Waals surface area contributed by atoms with Gasteiger partial charge in [0.05, 0.1) is 0 Å². The van der Waals surface area contributed by atoms with Crippen LogP contribution in [0.25, 0.3) is 0 Å². The lowest BCUT2D eigenvalue weighted by Crippen LogP contribution is -2.40. The van der Waals surface area contributed by atoms with E-state index in [-0.39, 0.29) is 5.04 Å². The smallest absolute Gasteiger partial charge is 0.191 e. The maximum Gasteiger partial charge on any atom is 0.191 e. The minimum Gasteiger partial charge on any atom is -0.417 e. The van der Waals surface area contributed by atoms with Crippen molar-refractivity contribution in [3.63, 3.8) is 0 Å². The molecule has 0 rings (SSSR count). The standard InChI is InChI=1S/C14H28O2Si/c1-7-13(15)11-9-8-10-12-16-17(5,6)14(2,3)4/h1,13,15H,8-12H2,2-6H3/t13-/m0/s1. The predicted octanol–water partition coefficient (Wildman–Crippen LogP) is 3.56. The number of unbranched alkanes of at least 4 members (excludes halogenated alkanes) is 2. The molecule has 0 heterocycles. The molecule has 100 valence electrons. The molecule has 0 aliphatic heterocycles. The van der Waals surface area contributed by atoms with Gasteiger partial charge in [0, 0.05) is 6.61 Å². The second-order valence-corrected chi connectivity index (χ2v) is 10.9. The Morgan fingerprint density at radius 1 is 1.24 bits per heavy atom. The molecule has 1 N–H and O–H groups in total. The molecule has 1 atom stereocenters. The fourth-order valence-corrected chi connectivity index (χ4v) is 2.33. The molecule has 0 aromatic rings. The first kappa shape index (κ1) is 16.7. The highest BCUT2D eigenvalue weighted by molar-refractivity contribution is 6.74. The quantitative estimate of drug-likeness (QED) is 0.429. The lowest BCUT2D eigenvalue weighted by Gasteiger charge is -2.36. The van der Waals surface area contributed by atoms with Crippen molar-refractivity contribution in [3.05, 3.63) is 0 Å². The largest absolute Gasteiger partial charge is 0.417 e. The summed E-state index contributed by atoms with van der Waals surface area (Å²) in [6.45, 7) is 12.1. The van der Waals surface area contributed by atoms with Gasteiger partial charge in [0.1, 0.15) is 6.10 Å². The number of terminal acetylenes is 1. The van der Waals surface area contributed by atoms with Gasteiger partial charge in [0.2, 0.25) is 0 Å². The van der Waals surface area contributed by atoms with Crippen LogP contribution in [0.3, 0.4) is 0 Å². The van der Waals surface area contributed by atoms with Gasteiger partial charge in [-0.2, -0.15) is 0 Å². The van der Waals surface area contributed by atoms with E-state index in [9.17, 15) is 5.11 Å². The van der Waals surface area contributed by atoms with Crippen LogP contribution in [0.2, 0.25) is 18.1 Å². The molecular formula is C14H28O2Si. The van der Waals surface area contributed by atoms with Crippen LogP contribution in [0.15, 0.2) is 0 Å². The van der Waals surface area contributed by atoms with E-state index >= 15 is 0 Å². The summed E-state index contributed by atoms with van der Waals surface area (Å²) < 4.78 is 6.06. The third-order valence-corrected chi connectivity index (χ3v) is 8.12. The van der Waals surface area contributed by atoms with E-state index in [0.29, 0.717) is 6.42 Å². The third-order valence-electron chi connectivity index (χ3n) is 3.58. The van der Waals surface area contributed by atoms with Gasteiger partial charge >= 0.3 is 0 Å². The van der Waals surface area contributed by atoms with Crippen LogP contribution in [0.4, 0.5) is 0 Å². The monoisotopic (exact) mass is 256 g/mol. The molecule has 0 aromatic carbocycles. The van der Waals surface area contributed by atoms with Gasteiger partial charge in [-0.05, 0) is 37.4 Å². The molecule has 0 aliphatic rings. The van der Waals surface area contributed by atoms with Gasteiger partial charge in [0.15, 0.2) is 8.32 Å². The third kappa shape index (κ3) is 6.87. The van der Waals surface area contributed by atoms with Gasteiger partial charge in [-0.3, -0.25) is 0 Å². The van der Waals surface area contributed by atoms with E-state index in [1.54, 1.807) is 0 Å². The van der Waals surface area contributed by atoms with Crippen molar-refractivity contribution in [2.75, 3.05) is 6.61 Å². The van der Waals surface area contributed by atoms with Crippen LogP contribution < -0.4 is 0 Å². The lowest BCUT2D eigenvalue weighted by molar-refractivity contribution is 0.214. The number of hydrogen-bond acceptors (Lipinski definition) is 2. The Morgan fingerprint density at radius 2 is 1.82 bits per heavy atom. The molecule has 0 aromatic heterocycles. The Balaban J connectivity index is 3.63. The lowest BCUT2D eigenvalue weighted by atomic mass is 10.1. The van der Waals surface area contributed by atoms with Crippen LogP contribution in [-0.2, 0) is 4.43 Å². The van der Waals surface area contributed by atoms with Gasteiger partial charge in [-0.15, -0.1) is 6.42 Å². The first-order valence-electron chi connectivity index (χ1n) is 6.49. The van der Waals surface area contributed by atoms with Crippen molar-refractivity contribution < 1.29 is 9.53 Å². The number of aliphatic hydroxyl groups is 1. The highest BCUT2D eigenvalue weighted by Crippen LogP contribution is 2.36. The SMILES string of the molecule is C#C[C@H](O)CCCCCO[Si](C)(C)C(C)(C)C. The number of aliphatic hydroxyl groups excluding tert-OH is 1. The Hall–Kier alpha value is -0.303. The molecule has 17 heavy (non-hydrogen) atoms. The average Bonchev–Trinajstić information content (AvgIpc) is 2.21. The van der Waals surface area contributed by atoms with Crippen LogP contribution in [-0.4, -0.2) is 26.1 Å². The van der Waals surface area contributed by atoms with Crippen LogP contribution in [0.1, 0.15) is 46.5 Å². The molecule has 0 amide bonds.